The Balaban J connectivity index is 2.09. The largest absolute Gasteiger partial charge is 0.391 e. The molecule has 0 aromatic carbocycles. The first-order valence-corrected chi connectivity index (χ1v) is 9.63. The first-order chi connectivity index (χ1) is 10.1. The van der Waals surface area contributed by atoms with E-state index >= 15 is 0 Å². The fourth-order valence-corrected chi connectivity index (χ4v) is 5.78. The highest BCUT2D eigenvalue weighted by molar-refractivity contribution is 8.00. The summed E-state index contributed by atoms with van der Waals surface area (Å²) >= 11 is 5.30. The molecule has 0 aliphatic carbocycles. The number of aliphatic hydroxyl groups is 2. The van der Waals surface area contributed by atoms with Gasteiger partial charge in [0, 0.05) is 31.0 Å². The van der Waals surface area contributed by atoms with Gasteiger partial charge in [-0.05, 0) is 48.3 Å². The number of hydrogen-bond acceptors (Lipinski definition) is 5. The molecule has 112 valence electrons. The first kappa shape index (κ1) is 15.3. The van der Waals surface area contributed by atoms with Gasteiger partial charge >= 0.3 is 0 Å². The fourth-order valence-electron chi connectivity index (χ4n) is 2.75. The Morgan fingerprint density at radius 1 is 0.857 bits per heavy atom. The molecule has 1 aliphatic rings. The van der Waals surface area contributed by atoms with E-state index < -0.39 is 0 Å². The predicted octanol–water partition coefficient (Wildman–Crippen LogP) is 4.07. The molecule has 2 aromatic heterocycles. The van der Waals surface area contributed by atoms with Crippen LogP contribution in [0.4, 0.5) is 0 Å². The van der Waals surface area contributed by atoms with Crippen LogP contribution in [0.2, 0.25) is 0 Å². The molecular formula is C16H18O2S3. The number of thiophene rings is 2. The highest BCUT2D eigenvalue weighted by Crippen LogP contribution is 2.43. The van der Waals surface area contributed by atoms with Gasteiger partial charge < -0.3 is 10.2 Å². The Bertz CT molecular complexity index is 636. The molecule has 0 amide bonds. The normalized spacial score (nSPS) is 15.2. The van der Waals surface area contributed by atoms with E-state index in [4.69, 9.17) is 0 Å². The summed E-state index contributed by atoms with van der Waals surface area (Å²) in [7, 11) is 0. The Hall–Kier alpha value is -0.590. The van der Waals surface area contributed by atoms with Crippen LogP contribution in [-0.4, -0.2) is 21.7 Å². The summed E-state index contributed by atoms with van der Waals surface area (Å²) in [6, 6.07) is 4.27. The smallest absolute Gasteiger partial charge is 0.0774 e. The van der Waals surface area contributed by atoms with Gasteiger partial charge in [-0.25, -0.2) is 0 Å². The fraction of sp³-hybridized carbons (Fsp3) is 0.375. The van der Waals surface area contributed by atoms with Crippen molar-refractivity contribution in [2.24, 2.45) is 0 Å². The third-order valence-corrected chi connectivity index (χ3v) is 6.81. The van der Waals surface area contributed by atoms with Crippen LogP contribution in [0.3, 0.4) is 0 Å². The Morgan fingerprint density at radius 2 is 1.29 bits per heavy atom. The van der Waals surface area contributed by atoms with Crippen molar-refractivity contribution in [1.82, 2.24) is 0 Å². The highest BCUT2D eigenvalue weighted by atomic mass is 32.2. The molecule has 5 heteroatoms. The average molecular weight is 339 g/mol. The predicted molar refractivity (Wildman–Crippen MR) is 94.1 cm³/mol. The molecule has 0 saturated heterocycles. The Morgan fingerprint density at radius 3 is 1.62 bits per heavy atom. The lowest BCUT2D eigenvalue weighted by Crippen LogP contribution is -1.90. The van der Waals surface area contributed by atoms with Crippen molar-refractivity contribution in [1.29, 1.82) is 0 Å². The molecule has 1 aliphatic heterocycles. The van der Waals surface area contributed by atoms with Gasteiger partial charge in [-0.15, -0.1) is 22.7 Å². The zero-order valence-corrected chi connectivity index (χ0v) is 14.6. The van der Waals surface area contributed by atoms with Gasteiger partial charge in [-0.1, -0.05) is 0 Å². The maximum absolute atomic E-state index is 9.34. The van der Waals surface area contributed by atoms with Crippen LogP contribution in [0.25, 0.3) is 11.1 Å². The quantitative estimate of drug-likeness (QED) is 0.883. The average Bonchev–Trinajstić information content (AvgIpc) is 3.16. The third kappa shape index (κ3) is 2.85. The number of aryl methyl sites for hydroxylation is 2. The van der Waals surface area contributed by atoms with Crippen LogP contribution in [0.15, 0.2) is 12.1 Å². The monoisotopic (exact) mass is 338 g/mol. The van der Waals surface area contributed by atoms with E-state index in [-0.39, 0.29) is 13.2 Å². The molecule has 3 rings (SSSR count). The van der Waals surface area contributed by atoms with Crippen LogP contribution in [-0.2, 0) is 13.2 Å². The van der Waals surface area contributed by atoms with Gasteiger partial charge in [0.25, 0.3) is 0 Å². The zero-order chi connectivity index (χ0) is 15.0. The highest BCUT2D eigenvalue weighted by Gasteiger charge is 2.23. The van der Waals surface area contributed by atoms with Crippen molar-refractivity contribution in [3.05, 3.63) is 42.8 Å². The van der Waals surface area contributed by atoms with E-state index in [1.165, 1.54) is 32.0 Å². The van der Waals surface area contributed by atoms with E-state index in [1.807, 2.05) is 11.8 Å². The van der Waals surface area contributed by atoms with Gasteiger partial charge in [0.15, 0.2) is 0 Å². The van der Waals surface area contributed by atoms with Crippen LogP contribution in [0.5, 0.6) is 0 Å². The van der Waals surface area contributed by atoms with Crippen LogP contribution in [0.1, 0.15) is 30.6 Å². The van der Waals surface area contributed by atoms with E-state index in [0.29, 0.717) is 0 Å². The van der Waals surface area contributed by atoms with Gasteiger partial charge in [0.05, 0.1) is 13.2 Å². The maximum Gasteiger partial charge on any atom is 0.0774 e. The second kappa shape index (κ2) is 6.26. The van der Waals surface area contributed by atoms with Gasteiger partial charge in [0.2, 0.25) is 0 Å². The van der Waals surface area contributed by atoms with E-state index in [1.54, 1.807) is 22.7 Å². The summed E-state index contributed by atoms with van der Waals surface area (Å²) in [5, 5.41) is 18.7. The Labute approximate surface area is 137 Å². The maximum atomic E-state index is 9.34. The molecule has 3 heterocycles. The molecule has 2 nitrogen and oxygen atoms in total. The summed E-state index contributed by atoms with van der Waals surface area (Å²) in [5.74, 6) is 2.06. The van der Waals surface area contributed by atoms with Crippen LogP contribution < -0.4 is 0 Å². The lowest BCUT2D eigenvalue weighted by Gasteiger charge is -2.06. The lowest BCUT2D eigenvalue weighted by atomic mass is 9.97. The van der Waals surface area contributed by atoms with Crippen molar-refractivity contribution in [3.8, 4) is 0 Å². The molecule has 0 fully saturated rings. The van der Waals surface area contributed by atoms with E-state index in [0.717, 1.165) is 21.3 Å². The summed E-state index contributed by atoms with van der Waals surface area (Å²) in [4.78, 5) is 4.63. The molecule has 21 heavy (non-hydrogen) atoms. The van der Waals surface area contributed by atoms with Crippen LogP contribution in [0, 0.1) is 13.8 Å². The number of rotatable bonds is 4. The van der Waals surface area contributed by atoms with Crippen molar-refractivity contribution >= 4 is 45.6 Å². The number of aliphatic hydroxyl groups excluding tert-OH is 2. The summed E-state index contributed by atoms with van der Waals surface area (Å²) < 4.78 is 0. The summed E-state index contributed by atoms with van der Waals surface area (Å²) in [6.45, 7) is 4.50. The first-order valence-electron chi connectivity index (χ1n) is 6.85. The van der Waals surface area contributed by atoms with E-state index in [2.05, 4.69) is 26.0 Å². The lowest BCUT2D eigenvalue weighted by molar-refractivity contribution is 0.285. The molecule has 0 saturated carbocycles. The molecule has 0 atom stereocenters. The zero-order valence-electron chi connectivity index (χ0n) is 12.1. The molecule has 2 N–H and O–H groups in total. The molecule has 0 unspecified atom stereocenters. The molecule has 0 bridgehead atoms. The van der Waals surface area contributed by atoms with E-state index in [9.17, 15) is 10.2 Å². The molecule has 0 radical (unpaired) electrons. The molecule has 0 spiro atoms. The second-order valence-corrected chi connectivity index (χ2v) is 8.80. The number of thioether (sulfide) groups is 1. The van der Waals surface area contributed by atoms with Gasteiger partial charge in [0.1, 0.15) is 0 Å². The van der Waals surface area contributed by atoms with Gasteiger partial charge in [-0.2, -0.15) is 11.8 Å². The Kier molecular flexibility index (Phi) is 4.57. The second-order valence-electron chi connectivity index (χ2n) is 5.13. The van der Waals surface area contributed by atoms with Crippen molar-refractivity contribution < 1.29 is 10.2 Å². The van der Waals surface area contributed by atoms with Crippen molar-refractivity contribution in [2.75, 3.05) is 11.5 Å². The third-order valence-electron chi connectivity index (χ3n) is 3.76. The topological polar surface area (TPSA) is 40.5 Å². The number of hydrogen-bond donors (Lipinski definition) is 2. The van der Waals surface area contributed by atoms with Gasteiger partial charge in [-0.3, -0.25) is 0 Å². The molecule has 2 aromatic rings. The summed E-state index contributed by atoms with van der Waals surface area (Å²) in [5.41, 5.74) is 5.39. The minimum atomic E-state index is 0.118. The van der Waals surface area contributed by atoms with Crippen molar-refractivity contribution in [2.45, 2.75) is 27.1 Å². The summed E-state index contributed by atoms with van der Waals surface area (Å²) in [6.07, 6.45) is 0. The molecular weight excluding hydrogens is 320 g/mol. The van der Waals surface area contributed by atoms with Crippen molar-refractivity contribution in [3.63, 3.8) is 0 Å². The minimum absolute atomic E-state index is 0.118. The SMILES string of the molecule is Cc1sc(CO)cc1C1=C(c2cc(CO)sc2C)CSC1. The van der Waals surface area contributed by atoms with Crippen LogP contribution >= 0.6 is 34.4 Å². The minimum Gasteiger partial charge on any atom is -0.391 e. The standard InChI is InChI=1S/C16H18O2S3/c1-9-13(3-11(5-17)20-9)15-7-19-8-16(15)14-4-12(6-18)21-10(14)2/h3-4,17-18H,5-8H2,1-2H3.